The fraction of sp³-hybridized carbons (Fsp3) is 0.722. The third-order valence-electron chi connectivity index (χ3n) is 5.85. The van der Waals surface area contributed by atoms with Crippen LogP contribution in [-0.2, 0) is 20.7 Å². The number of amides is 1. The molecule has 0 radical (unpaired) electrons. The van der Waals surface area contributed by atoms with Gasteiger partial charge in [-0.2, -0.15) is 0 Å². The highest BCUT2D eigenvalue weighted by molar-refractivity contribution is 5.85. The summed E-state index contributed by atoms with van der Waals surface area (Å²) in [5, 5.41) is 3.93. The normalized spacial score (nSPS) is 28.4. The van der Waals surface area contributed by atoms with Gasteiger partial charge in [0.05, 0.1) is 24.1 Å². The minimum Gasteiger partial charge on any atom is -0.466 e. The molecule has 0 aliphatic carbocycles. The number of hydrogen-bond acceptors (Lipinski definition) is 5. The monoisotopic (exact) mass is 334 g/mol. The zero-order chi connectivity index (χ0) is 17.5. The van der Waals surface area contributed by atoms with Crippen molar-refractivity contribution in [1.29, 1.82) is 0 Å². The third-order valence-corrected chi connectivity index (χ3v) is 5.85. The zero-order valence-corrected chi connectivity index (χ0v) is 14.9. The molecule has 3 atom stereocenters. The van der Waals surface area contributed by atoms with E-state index in [1.807, 2.05) is 32.6 Å². The highest BCUT2D eigenvalue weighted by Crippen LogP contribution is 2.52. The number of hydrogen-bond donors (Lipinski definition) is 0. The number of aryl methyl sites for hydroxylation is 2. The van der Waals surface area contributed by atoms with Crippen molar-refractivity contribution in [2.75, 3.05) is 6.61 Å². The van der Waals surface area contributed by atoms with Gasteiger partial charge in [0.25, 0.3) is 0 Å². The lowest BCUT2D eigenvalue weighted by Crippen LogP contribution is -2.46. The van der Waals surface area contributed by atoms with Crippen molar-refractivity contribution in [3.63, 3.8) is 0 Å². The topological polar surface area (TPSA) is 72.6 Å². The number of rotatable bonds is 5. The summed E-state index contributed by atoms with van der Waals surface area (Å²) in [6.07, 6.45) is 3.57. The molecule has 2 aliphatic rings. The average Bonchev–Trinajstić information content (AvgIpc) is 3.22. The molecule has 2 fully saturated rings. The van der Waals surface area contributed by atoms with E-state index in [-0.39, 0.29) is 30.4 Å². The SMILES string of the molecule is CCOC(=O)[C@@]1(CC)C[C@H]2CC[C@@H]1N2C(=O)Cc1c(C)noc1C. The van der Waals surface area contributed by atoms with Gasteiger partial charge in [-0.1, -0.05) is 12.1 Å². The second-order valence-corrected chi connectivity index (χ2v) is 6.96. The first-order valence-corrected chi connectivity index (χ1v) is 8.84. The lowest BCUT2D eigenvalue weighted by atomic mass is 9.72. The molecule has 3 rings (SSSR count). The van der Waals surface area contributed by atoms with Crippen LogP contribution in [0.1, 0.15) is 56.5 Å². The molecular formula is C18H26N2O4. The Hall–Kier alpha value is -1.85. The van der Waals surface area contributed by atoms with Crippen LogP contribution in [0.5, 0.6) is 0 Å². The molecular weight excluding hydrogens is 308 g/mol. The van der Waals surface area contributed by atoms with Crippen LogP contribution in [0.2, 0.25) is 0 Å². The third kappa shape index (κ3) is 2.43. The minimum absolute atomic E-state index is 0.0421. The van der Waals surface area contributed by atoms with Crippen LogP contribution in [0, 0.1) is 19.3 Å². The number of esters is 1. The van der Waals surface area contributed by atoms with Gasteiger partial charge in [0.15, 0.2) is 0 Å². The highest BCUT2D eigenvalue weighted by atomic mass is 16.5. The Balaban J connectivity index is 1.82. The summed E-state index contributed by atoms with van der Waals surface area (Å²) in [7, 11) is 0. The van der Waals surface area contributed by atoms with E-state index in [0.29, 0.717) is 18.8 Å². The van der Waals surface area contributed by atoms with E-state index >= 15 is 0 Å². The molecule has 0 N–H and O–H groups in total. The number of fused-ring (bicyclic) bond motifs is 2. The molecule has 3 heterocycles. The largest absolute Gasteiger partial charge is 0.466 e. The van der Waals surface area contributed by atoms with Gasteiger partial charge in [-0.15, -0.1) is 0 Å². The lowest BCUT2D eigenvalue weighted by molar-refractivity contribution is -0.158. The molecule has 1 amide bonds. The maximum absolute atomic E-state index is 13.0. The summed E-state index contributed by atoms with van der Waals surface area (Å²) in [6, 6.07) is 0.104. The molecule has 0 saturated carbocycles. The smallest absolute Gasteiger partial charge is 0.314 e. The molecule has 132 valence electrons. The second-order valence-electron chi connectivity index (χ2n) is 6.96. The maximum atomic E-state index is 13.0. The average molecular weight is 334 g/mol. The predicted octanol–water partition coefficient (Wildman–Crippen LogP) is 2.56. The van der Waals surface area contributed by atoms with Crippen LogP contribution in [0.3, 0.4) is 0 Å². The second kappa shape index (κ2) is 6.22. The Morgan fingerprint density at radius 3 is 2.67 bits per heavy atom. The van der Waals surface area contributed by atoms with Crippen LogP contribution in [0.15, 0.2) is 4.52 Å². The van der Waals surface area contributed by atoms with E-state index in [2.05, 4.69) is 5.16 Å². The van der Waals surface area contributed by atoms with Gasteiger partial charge < -0.3 is 14.2 Å². The van der Waals surface area contributed by atoms with E-state index in [0.717, 1.165) is 30.5 Å². The summed E-state index contributed by atoms with van der Waals surface area (Å²) < 4.78 is 10.5. The minimum atomic E-state index is -0.534. The summed E-state index contributed by atoms with van der Waals surface area (Å²) in [5.41, 5.74) is 1.09. The lowest BCUT2D eigenvalue weighted by Gasteiger charge is -2.34. The molecule has 2 bridgehead atoms. The van der Waals surface area contributed by atoms with Crippen molar-refractivity contribution in [2.24, 2.45) is 5.41 Å². The Morgan fingerprint density at radius 1 is 1.33 bits per heavy atom. The summed E-state index contributed by atoms with van der Waals surface area (Å²) in [6.45, 7) is 7.91. The van der Waals surface area contributed by atoms with E-state index in [4.69, 9.17) is 9.26 Å². The van der Waals surface area contributed by atoms with Gasteiger partial charge in [-0.25, -0.2) is 0 Å². The molecule has 24 heavy (non-hydrogen) atoms. The van der Waals surface area contributed by atoms with Crippen molar-refractivity contribution in [1.82, 2.24) is 10.1 Å². The zero-order valence-electron chi connectivity index (χ0n) is 14.9. The first-order chi connectivity index (χ1) is 11.4. The fourth-order valence-electron chi connectivity index (χ4n) is 4.58. The number of carbonyl (C=O) groups is 2. The van der Waals surface area contributed by atoms with Crippen LogP contribution >= 0.6 is 0 Å². The maximum Gasteiger partial charge on any atom is 0.314 e. The van der Waals surface area contributed by atoms with Gasteiger partial charge >= 0.3 is 5.97 Å². The molecule has 6 nitrogen and oxygen atoms in total. The first-order valence-electron chi connectivity index (χ1n) is 8.84. The summed E-state index contributed by atoms with van der Waals surface area (Å²) in [5.74, 6) is 0.617. The van der Waals surface area contributed by atoms with E-state index in [1.165, 1.54) is 0 Å². The first kappa shape index (κ1) is 17.0. The molecule has 2 aliphatic heterocycles. The van der Waals surface area contributed by atoms with Gasteiger partial charge in [0.1, 0.15) is 5.76 Å². The number of aromatic nitrogens is 1. The van der Waals surface area contributed by atoms with Crippen LogP contribution < -0.4 is 0 Å². The molecule has 6 heteroatoms. The molecule has 2 saturated heterocycles. The van der Waals surface area contributed by atoms with Crippen LogP contribution in [0.25, 0.3) is 0 Å². The number of ether oxygens (including phenoxy) is 1. The van der Waals surface area contributed by atoms with Crippen molar-refractivity contribution in [2.45, 2.75) is 71.9 Å². The predicted molar refractivity (Wildman–Crippen MR) is 87.3 cm³/mol. The Labute approximate surface area is 142 Å². The van der Waals surface area contributed by atoms with E-state index < -0.39 is 5.41 Å². The Kier molecular flexibility index (Phi) is 4.40. The van der Waals surface area contributed by atoms with Crippen LogP contribution in [-0.4, -0.2) is 40.6 Å². The molecule has 0 aromatic carbocycles. The van der Waals surface area contributed by atoms with Gasteiger partial charge in [-0.3, -0.25) is 9.59 Å². The van der Waals surface area contributed by atoms with Gasteiger partial charge in [0.2, 0.25) is 5.91 Å². The van der Waals surface area contributed by atoms with Crippen LogP contribution in [0.4, 0.5) is 0 Å². The van der Waals surface area contributed by atoms with Crippen molar-refractivity contribution >= 4 is 11.9 Å². The van der Waals surface area contributed by atoms with Gasteiger partial charge in [0, 0.05) is 17.6 Å². The van der Waals surface area contributed by atoms with E-state index in [1.54, 1.807) is 0 Å². The number of nitrogens with zero attached hydrogens (tertiary/aromatic N) is 2. The van der Waals surface area contributed by atoms with E-state index in [9.17, 15) is 9.59 Å². The quantitative estimate of drug-likeness (QED) is 0.774. The molecule has 0 unspecified atom stereocenters. The fourth-order valence-corrected chi connectivity index (χ4v) is 4.58. The molecule has 1 aromatic rings. The van der Waals surface area contributed by atoms with Crippen molar-refractivity contribution in [3.8, 4) is 0 Å². The Morgan fingerprint density at radius 2 is 2.08 bits per heavy atom. The Bertz CT molecular complexity index is 634. The van der Waals surface area contributed by atoms with Crippen molar-refractivity contribution in [3.05, 3.63) is 17.0 Å². The molecule has 1 aromatic heterocycles. The standard InChI is InChI=1S/C18H26N2O4/c1-5-18(17(22)23-6-2)10-13-7-8-15(18)20(13)16(21)9-14-11(3)19-24-12(14)4/h13,15H,5-10H2,1-4H3/t13-,15+,18+/m1/s1. The van der Waals surface area contributed by atoms with Gasteiger partial charge in [-0.05, 0) is 46.5 Å². The summed E-state index contributed by atoms with van der Waals surface area (Å²) >= 11 is 0. The van der Waals surface area contributed by atoms with Crippen molar-refractivity contribution < 1.29 is 18.8 Å². The molecule has 0 spiro atoms. The number of carbonyl (C=O) groups excluding carboxylic acids is 2. The summed E-state index contributed by atoms with van der Waals surface area (Å²) in [4.78, 5) is 27.5. The highest BCUT2D eigenvalue weighted by Gasteiger charge is 2.60.